The van der Waals surface area contributed by atoms with Crippen molar-refractivity contribution in [2.45, 2.75) is 40.2 Å². The van der Waals surface area contributed by atoms with Crippen LogP contribution in [0.3, 0.4) is 0 Å². The number of benzene rings is 1. The first-order valence-electron chi connectivity index (χ1n) is 8.88. The summed E-state index contributed by atoms with van der Waals surface area (Å²) in [5, 5.41) is 7.86. The third kappa shape index (κ3) is 5.26. The number of nitrogens with zero attached hydrogens (tertiary/aromatic N) is 3. The summed E-state index contributed by atoms with van der Waals surface area (Å²) in [7, 11) is 0. The molecule has 1 unspecified atom stereocenters. The molecule has 0 spiro atoms. The van der Waals surface area contributed by atoms with Crippen LogP contribution in [0.5, 0.6) is 5.75 Å². The maximum atomic E-state index is 10.9. The van der Waals surface area contributed by atoms with Crippen LogP contribution < -0.4 is 4.74 Å². The van der Waals surface area contributed by atoms with Crippen LogP contribution in [0.1, 0.15) is 34.9 Å². The molecule has 0 aliphatic heterocycles. The van der Waals surface area contributed by atoms with Gasteiger partial charge in [-0.3, -0.25) is 4.18 Å². The molecule has 28 heavy (non-hydrogen) atoms. The van der Waals surface area contributed by atoms with Crippen LogP contribution in [0.25, 0.3) is 11.4 Å². The van der Waals surface area contributed by atoms with Crippen molar-refractivity contribution < 1.29 is 22.2 Å². The first kappa shape index (κ1) is 20.2. The highest BCUT2D eigenvalue weighted by Crippen LogP contribution is 2.29. The second kappa shape index (κ2) is 9.11. The van der Waals surface area contributed by atoms with Gasteiger partial charge in [0, 0.05) is 31.2 Å². The van der Waals surface area contributed by atoms with Crippen molar-refractivity contribution >= 4 is 11.1 Å². The molecule has 8 nitrogen and oxygen atoms in total. The quantitative estimate of drug-likeness (QED) is 0.499. The Morgan fingerprint density at radius 2 is 1.82 bits per heavy atom. The van der Waals surface area contributed by atoms with Gasteiger partial charge in [-0.1, -0.05) is 10.3 Å². The maximum Gasteiger partial charge on any atom is 0.223 e. The van der Waals surface area contributed by atoms with E-state index in [1.165, 1.54) is 6.26 Å². The number of hydrogen-bond acceptors (Lipinski definition) is 8. The van der Waals surface area contributed by atoms with Crippen LogP contribution in [0.4, 0.5) is 0 Å². The lowest BCUT2D eigenvalue weighted by atomic mass is 10.1. The molecule has 2 aromatic heterocycles. The Labute approximate surface area is 165 Å². The Morgan fingerprint density at radius 1 is 1.07 bits per heavy atom. The van der Waals surface area contributed by atoms with E-state index >= 15 is 0 Å². The first-order chi connectivity index (χ1) is 13.4. The molecule has 9 heteroatoms. The van der Waals surface area contributed by atoms with Crippen LogP contribution in [-0.4, -0.2) is 32.4 Å². The molecule has 0 aliphatic carbocycles. The highest BCUT2D eigenvalue weighted by Gasteiger charge is 2.12. The SMILES string of the molecule is Cc1nc(-c2cc(C)c(OCCCc3cc(COS(C)=O)no3)c(C)c2)no1. The van der Waals surface area contributed by atoms with Gasteiger partial charge < -0.3 is 13.8 Å². The minimum atomic E-state index is -1.32. The van der Waals surface area contributed by atoms with Gasteiger partial charge in [-0.2, -0.15) is 4.98 Å². The van der Waals surface area contributed by atoms with E-state index in [1.54, 1.807) is 6.92 Å². The smallest absolute Gasteiger partial charge is 0.223 e. The number of aromatic nitrogens is 3. The third-order valence-corrected chi connectivity index (χ3v) is 4.49. The molecule has 0 amide bonds. The van der Waals surface area contributed by atoms with Gasteiger partial charge in [0.15, 0.2) is 11.1 Å². The highest BCUT2D eigenvalue weighted by molar-refractivity contribution is 7.79. The van der Waals surface area contributed by atoms with Gasteiger partial charge in [-0.25, -0.2) is 4.21 Å². The molecule has 0 saturated carbocycles. The fourth-order valence-corrected chi connectivity index (χ4v) is 3.12. The first-order valence-corrected chi connectivity index (χ1v) is 10.4. The zero-order valence-corrected chi connectivity index (χ0v) is 17.2. The minimum Gasteiger partial charge on any atom is -0.493 e. The summed E-state index contributed by atoms with van der Waals surface area (Å²) < 4.78 is 32.2. The summed E-state index contributed by atoms with van der Waals surface area (Å²) in [6.07, 6.45) is 2.94. The normalized spacial score (nSPS) is 12.3. The summed E-state index contributed by atoms with van der Waals surface area (Å²) >= 11 is -1.32. The molecule has 1 atom stereocenters. The Balaban J connectivity index is 1.53. The van der Waals surface area contributed by atoms with Gasteiger partial charge >= 0.3 is 0 Å². The predicted octanol–water partition coefficient (Wildman–Crippen LogP) is 3.47. The topological polar surface area (TPSA) is 100 Å². The maximum absolute atomic E-state index is 10.9. The molecule has 1 aromatic carbocycles. The predicted molar refractivity (Wildman–Crippen MR) is 103 cm³/mol. The van der Waals surface area contributed by atoms with Crippen molar-refractivity contribution in [2.24, 2.45) is 0 Å². The van der Waals surface area contributed by atoms with Crippen LogP contribution in [0.15, 0.2) is 27.2 Å². The zero-order valence-electron chi connectivity index (χ0n) is 16.4. The van der Waals surface area contributed by atoms with E-state index in [9.17, 15) is 4.21 Å². The lowest BCUT2D eigenvalue weighted by Gasteiger charge is -2.13. The molecule has 0 N–H and O–H groups in total. The number of ether oxygens (including phenoxy) is 1. The van der Waals surface area contributed by atoms with E-state index in [0.717, 1.165) is 34.6 Å². The molecule has 2 heterocycles. The van der Waals surface area contributed by atoms with Gasteiger partial charge in [0.1, 0.15) is 23.8 Å². The lowest BCUT2D eigenvalue weighted by Crippen LogP contribution is -2.02. The van der Waals surface area contributed by atoms with E-state index in [0.29, 0.717) is 30.4 Å². The van der Waals surface area contributed by atoms with Gasteiger partial charge in [-0.15, -0.1) is 0 Å². The lowest BCUT2D eigenvalue weighted by molar-refractivity contribution is 0.292. The van der Waals surface area contributed by atoms with Gasteiger partial charge in [0.2, 0.25) is 11.7 Å². The van der Waals surface area contributed by atoms with E-state index in [4.69, 9.17) is 18.0 Å². The van der Waals surface area contributed by atoms with E-state index in [-0.39, 0.29) is 6.61 Å². The Bertz CT molecular complexity index is 943. The highest BCUT2D eigenvalue weighted by atomic mass is 32.2. The minimum absolute atomic E-state index is 0.174. The molecule has 150 valence electrons. The van der Waals surface area contributed by atoms with Gasteiger partial charge in [0.05, 0.1) is 6.61 Å². The summed E-state index contributed by atoms with van der Waals surface area (Å²) in [6.45, 7) is 6.49. The molecular weight excluding hydrogens is 382 g/mol. The third-order valence-electron chi connectivity index (χ3n) is 4.04. The Morgan fingerprint density at radius 3 is 2.46 bits per heavy atom. The van der Waals surface area contributed by atoms with Crippen molar-refractivity contribution in [1.29, 1.82) is 0 Å². The van der Waals surface area contributed by atoms with Gasteiger partial charge in [-0.05, 0) is 43.5 Å². The van der Waals surface area contributed by atoms with Crippen molar-refractivity contribution in [3.63, 3.8) is 0 Å². The largest absolute Gasteiger partial charge is 0.493 e. The van der Waals surface area contributed by atoms with Crippen LogP contribution in [-0.2, 0) is 28.3 Å². The number of rotatable bonds is 9. The summed E-state index contributed by atoms with van der Waals surface area (Å²) in [4.78, 5) is 4.27. The molecule has 0 fully saturated rings. The monoisotopic (exact) mass is 405 g/mol. The fourth-order valence-electron chi connectivity index (χ4n) is 2.83. The molecule has 3 rings (SSSR count). The Hall–Kier alpha value is -2.52. The van der Waals surface area contributed by atoms with Crippen molar-refractivity contribution in [1.82, 2.24) is 15.3 Å². The summed E-state index contributed by atoms with van der Waals surface area (Å²) in [6, 6.07) is 5.80. The van der Waals surface area contributed by atoms with E-state index in [2.05, 4.69) is 15.3 Å². The van der Waals surface area contributed by atoms with E-state index < -0.39 is 11.1 Å². The molecule has 0 radical (unpaired) electrons. The van der Waals surface area contributed by atoms with Crippen LogP contribution in [0.2, 0.25) is 0 Å². The van der Waals surface area contributed by atoms with Crippen molar-refractivity contribution in [3.05, 3.63) is 46.7 Å². The zero-order chi connectivity index (χ0) is 20.1. The van der Waals surface area contributed by atoms with E-state index in [1.807, 2.05) is 32.0 Å². The average molecular weight is 405 g/mol. The number of aryl methyl sites for hydroxylation is 4. The van der Waals surface area contributed by atoms with Crippen molar-refractivity contribution in [3.8, 4) is 17.1 Å². The standard InChI is InChI=1S/C19H23N3O5S/c1-12-8-15(19-20-14(3)26-22-19)9-13(2)18(12)24-7-5-6-17-10-16(21-27-17)11-25-28(4)23/h8-10H,5-7,11H2,1-4H3. The Kier molecular flexibility index (Phi) is 6.58. The van der Waals surface area contributed by atoms with Crippen LogP contribution in [0, 0.1) is 20.8 Å². The molecule has 3 aromatic rings. The number of hydrogen-bond donors (Lipinski definition) is 0. The van der Waals surface area contributed by atoms with Crippen molar-refractivity contribution in [2.75, 3.05) is 12.9 Å². The molecule has 0 saturated heterocycles. The molecule has 0 aliphatic rings. The molecular formula is C19H23N3O5S. The average Bonchev–Trinajstić information content (AvgIpc) is 3.27. The van der Waals surface area contributed by atoms with Gasteiger partial charge in [0.25, 0.3) is 0 Å². The fraction of sp³-hybridized carbons (Fsp3) is 0.421. The second-order valence-corrected chi connectivity index (χ2v) is 7.51. The van der Waals surface area contributed by atoms with Crippen LogP contribution >= 0.6 is 0 Å². The molecule has 0 bridgehead atoms. The summed E-state index contributed by atoms with van der Waals surface area (Å²) in [5.74, 6) is 2.73. The summed E-state index contributed by atoms with van der Waals surface area (Å²) in [5.41, 5.74) is 3.57. The second-order valence-electron chi connectivity index (χ2n) is 6.48.